The molecule has 0 fully saturated rings. The molecule has 0 saturated heterocycles. The molecule has 0 aliphatic carbocycles. The van der Waals surface area contributed by atoms with Gasteiger partial charge in [-0.05, 0) is 73.0 Å². The van der Waals surface area contributed by atoms with Crippen molar-refractivity contribution < 1.29 is 14.3 Å². The fraction of sp³-hybridized carbons (Fsp3) is 0.154. The van der Waals surface area contributed by atoms with Gasteiger partial charge in [-0.3, -0.25) is 4.79 Å². The van der Waals surface area contributed by atoms with Crippen molar-refractivity contribution in [1.82, 2.24) is 5.43 Å². The minimum Gasteiger partial charge on any atom is -0.490 e. The van der Waals surface area contributed by atoms with Crippen molar-refractivity contribution in [1.29, 1.82) is 0 Å². The Kier molecular flexibility index (Phi) is 8.93. The van der Waals surface area contributed by atoms with Crippen LogP contribution in [-0.4, -0.2) is 18.7 Å². The number of hydrogen-bond donors (Lipinski definition) is 1. The molecule has 1 N–H and O–H groups in total. The standard InChI is InChI=1S/C26H24Cl2N2O3/c1-3-5-21-14-19(16-29-30-26(31)20-8-12-23(28)13-9-20)15-24(32-4-2)25(21)33-17-18-6-10-22(27)11-7-18/h3,6-16H,1,4-5,17H2,2H3,(H,30,31). The van der Waals surface area contributed by atoms with E-state index in [1.807, 2.05) is 43.3 Å². The lowest BCUT2D eigenvalue weighted by molar-refractivity contribution is 0.0955. The highest BCUT2D eigenvalue weighted by atomic mass is 35.5. The summed E-state index contributed by atoms with van der Waals surface area (Å²) in [6.45, 7) is 6.59. The first kappa shape index (κ1) is 24.4. The Bertz CT molecular complexity index is 1130. The zero-order valence-electron chi connectivity index (χ0n) is 18.2. The highest BCUT2D eigenvalue weighted by Crippen LogP contribution is 2.34. The number of allylic oxidation sites excluding steroid dienone is 1. The SMILES string of the molecule is C=CCc1cc(C=NNC(=O)c2ccc(Cl)cc2)cc(OCC)c1OCc1ccc(Cl)cc1. The molecule has 3 aromatic rings. The van der Waals surface area contributed by atoms with E-state index in [0.717, 1.165) is 16.7 Å². The third-order valence-corrected chi connectivity index (χ3v) is 5.10. The number of hydrogen-bond acceptors (Lipinski definition) is 4. The second-order valence-electron chi connectivity index (χ2n) is 7.05. The molecule has 0 spiro atoms. The quantitative estimate of drug-likeness (QED) is 0.205. The fourth-order valence-corrected chi connectivity index (χ4v) is 3.31. The lowest BCUT2D eigenvalue weighted by atomic mass is 10.1. The van der Waals surface area contributed by atoms with Crippen molar-refractivity contribution >= 4 is 35.3 Å². The predicted octanol–water partition coefficient (Wildman–Crippen LogP) is 6.46. The van der Waals surface area contributed by atoms with Crippen LogP contribution < -0.4 is 14.9 Å². The highest BCUT2D eigenvalue weighted by Gasteiger charge is 2.13. The van der Waals surface area contributed by atoms with Crippen LogP contribution in [0.4, 0.5) is 0 Å². The Balaban J connectivity index is 1.79. The third kappa shape index (κ3) is 7.11. The third-order valence-electron chi connectivity index (χ3n) is 4.60. The van der Waals surface area contributed by atoms with Gasteiger partial charge in [0.25, 0.3) is 5.91 Å². The summed E-state index contributed by atoms with van der Waals surface area (Å²) in [5, 5.41) is 5.32. The molecule has 0 heterocycles. The Morgan fingerprint density at radius 2 is 1.70 bits per heavy atom. The van der Waals surface area contributed by atoms with Crippen LogP contribution in [0.3, 0.4) is 0 Å². The number of benzene rings is 3. The van der Waals surface area contributed by atoms with E-state index in [0.29, 0.717) is 46.7 Å². The average molecular weight is 483 g/mol. The molecule has 170 valence electrons. The number of halogens is 2. The van der Waals surface area contributed by atoms with Gasteiger partial charge in [0.05, 0.1) is 12.8 Å². The zero-order valence-corrected chi connectivity index (χ0v) is 19.7. The summed E-state index contributed by atoms with van der Waals surface area (Å²) >= 11 is 11.8. The summed E-state index contributed by atoms with van der Waals surface area (Å²) in [6, 6.07) is 17.8. The van der Waals surface area contributed by atoms with Crippen LogP contribution in [0.1, 0.15) is 34.0 Å². The number of carbonyl (C=O) groups excluding carboxylic acids is 1. The molecule has 0 unspecified atom stereocenters. The van der Waals surface area contributed by atoms with E-state index < -0.39 is 0 Å². The molecule has 0 saturated carbocycles. The van der Waals surface area contributed by atoms with Gasteiger partial charge in [-0.2, -0.15) is 5.10 Å². The van der Waals surface area contributed by atoms with Crippen LogP contribution in [0.2, 0.25) is 10.0 Å². The van der Waals surface area contributed by atoms with E-state index in [2.05, 4.69) is 17.1 Å². The number of nitrogens with one attached hydrogen (secondary N) is 1. The first-order valence-corrected chi connectivity index (χ1v) is 11.1. The van der Waals surface area contributed by atoms with E-state index in [-0.39, 0.29) is 5.91 Å². The van der Waals surface area contributed by atoms with Gasteiger partial charge in [0.1, 0.15) is 6.61 Å². The molecule has 5 nitrogen and oxygen atoms in total. The molecule has 33 heavy (non-hydrogen) atoms. The van der Waals surface area contributed by atoms with Crippen LogP contribution in [0.25, 0.3) is 0 Å². The van der Waals surface area contributed by atoms with Crippen LogP contribution >= 0.6 is 23.2 Å². The first-order valence-electron chi connectivity index (χ1n) is 10.4. The van der Waals surface area contributed by atoms with Gasteiger partial charge in [0.15, 0.2) is 11.5 Å². The monoisotopic (exact) mass is 482 g/mol. The van der Waals surface area contributed by atoms with Gasteiger partial charge in [-0.15, -0.1) is 6.58 Å². The van der Waals surface area contributed by atoms with E-state index in [1.54, 1.807) is 36.6 Å². The maximum Gasteiger partial charge on any atom is 0.271 e. The number of nitrogens with zero attached hydrogens (tertiary/aromatic N) is 1. The predicted molar refractivity (Wildman–Crippen MR) is 134 cm³/mol. The lowest BCUT2D eigenvalue weighted by Crippen LogP contribution is -2.17. The van der Waals surface area contributed by atoms with Crippen molar-refractivity contribution in [3.63, 3.8) is 0 Å². The Morgan fingerprint density at radius 1 is 1.03 bits per heavy atom. The molecule has 3 aromatic carbocycles. The number of carbonyl (C=O) groups is 1. The van der Waals surface area contributed by atoms with Gasteiger partial charge in [-0.25, -0.2) is 5.43 Å². The maximum absolute atomic E-state index is 12.2. The molecule has 3 rings (SSSR count). The largest absolute Gasteiger partial charge is 0.490 e. The number of hydrazone groups is 1. The van der Waals surface area contributed by atoms with Crippen LogP contribution in [0.5, 0.6) is 11.5 Å². The summed E-state index contributed by atoms with van der Waals surface area (Å²) in [6.07, 6.45) is 3.93. The summed E-state index contributed by atoms with van der Waals surface area (Å²) in [5.74, 6) is 0.910. The summed E-state index contributed by atoms with van der Waals surface area (Å²) < 4.78 is 12.0. The molecule has 7 heteroatoms. The maximum atomic E-state index is 12.2. The Labute approximate surface area is 203 Å². The first-order chi connectivity index (χ1) is 16.0. The van der Waals surface area contributed by atoms with E-state index in [4.69, 9.17) is 32.7 Å². The molecule has 0 bridgehead atoms. The number of ether oxygens (including phenoxy) is 2. The van der Waals surface area contributed by atoms with Gasteiger partial charge in [-0.1, -0.05) is 41.4 Å². The minimum atomic E-state index is -0.331. The molecular formula is C26H24Cl2N2O3. The van der Waals surface area contributed by atoms with Crippen molar-refractivity contribution in [2.24, 2.45) is 5.10 Å². The molecule has 1 amide bonds. The minimum absolute atomic E-state index is 0.331. The van der Waals surface area contributed by atoms with Crippen molar-refractivity contribution in [3.05, 3.63) is 106 Å². The van der Waals surface area contributed by atoms with Crippen LogP contribution in [0, 0.1) is 0 Å². The van der Waals surface area contributed by atoms with E-state index in [9.17, 15) is 4.79 Å². The van der Waals surface area contributed by atoms with Crippen molar-refractivity contribution in [2.45, 2.75) is 20.0 Å². The van der Waals surface area contributed by atoms with Gasteiger partial charge in [0.2, 0.25) is 0 Å². The lowest BCUT2D eigenvalue weighted by Gasteiger charge is -2.17. The Hall–Kier alpha value is -3.28. The van der Waals surface area contributed by atoms with Crippen molar-refractivity contribution in [2.75, 3.05) is 6.61 Å². The number of amides is 1. The average Bonchev–Trinajstić information content (AvgIpc) is 2.80. The van der Waals surface area contributed by atoms with Gasteiger partial charge >= 0.3 is 0 Å². The second kappa shape index (κ2) is 12.1. The molecule has 0 aliphatic heterocycles. The summed E-state index contributed by atoms with van der Waals surface area (Å²) in [4.78, 5) is 12.2. The molecular weight excluding hydrogens is 459 g/mol. The van der Waals surface area contributed by atoms with E-state index in [1.165, 1.54) is 0 Å². The fourth-order valence-electron chi connectivity index (χ4n) is 3.06. The Morgan fingerprint density at radius 3 is 2.33 bits per heavy atom. The van der Waals surface area contributed by atoms with Crippen molar-refractivity contribution in [3.8, 4) is 11.5 Å². The molecule has 0 atom stereocenters. The number of rotatable bonds is 10. The van der Waals surface area contributed by atoms with E-state index >= 15 is 0 Å². The highest BCUT2D eigenvalue weighted by molar-refractivity contribution is 6.30. The second-order valence-corrected chi connectivity index (χ2v) is 7.93. The zero-order chi connectivity index (χ0) is 23.6. The van der Waals surface area contributed by atoms with Crippen LogP contribution in [-0.2, 0) is 13.0 Å². The smallest absolute Gasteiger partial charge is 0.271 e. The van der Waals surface area contributed by atoms with Gasteiger partial charge in [0, 0.05) is 21.2 Å². The topological polar surface area (TPSA) is 59.9 Å². The molecule has 0 radical (unpaired) electrons. The normalized spacial score (nSPS) is 10.8. The summed E-state index contributed by atoms with van der Waals surface area (Å²) in [5.41, 5.74) is 5.62. The molecule has 0 aromatic heterocycles. The summed E-state index contributed by atoms with van der Waals surface area (Å²) in [7, 11) is 0. The van der Waals surface area contributed by atoms with Crippen LogP contribution in [0.15, 0.2) is 78.4 Å². The molecule has 0 aliphatic rings. The van der Waals surface area contributed by atoms with Gasteiger partial charge < -0.3 is 9.47 Å².